The summed E-state index contributed by atoms with van der Waals surface area (Å²) in [6.07, 6.45) is 2.43. The number of aliphatic hydroxyl groups is 1. The molecular weight excluding hydrogens is 266 g/mol. The van der Waals surface area contributed by atoms with Gasteiger partial charge in [0.2, 0.25) is 0 Å². The Morgan fingerprint density at radius 1 is 1.19 bits per heavy atom. The van der Waals surface area contributed by atoms with E-state index in [4.69, 9.17) is 9.47 Å². The highest BCUT2D eigenvalue weighted by molar-refractivity contribution is 5.46. The Hall–Kier alpha value is -1.26. The zero-order chi connectivity index (χ0) is 15.7. The average molecular weight is 295 g/mol. The van der Waals surface area contributed by atoms with Gasteiger partial charge >= 0.3 is 0 Å². The minimum atomic E-state index is -0.783. The van der Waals surface area contributed by atoms with Crippen LogP contribution in [0.15, 0.2) is 18.2 Å². The molecule has 2 N–H and O–H groups in total. The zero-order valence-corrected chi connectivity index (χ0v) is 13.7. The van der Waals surface area contributed by atoms with Crippen molar-refractivity contribution in [2.45, 2.75) is 52.2 Å². The number of ether oxygens (including phenoxy) is 2. The minimum Gasteiger partial charge on any atom is -0.493 e. The molecule has 0 aliphatic carbocycles. The lowest BCUT2D eigenvalue weighted by Gasteiger charge is -2.26. The summed E-state index contributed by atoms with van der Waals surface area (Å²) in [6.45, 7) is 8.05. The maximum atomic E-state index is 10.4. The van der Waals surface area contributed by atoms with Crippen LogP contribution in [0, 0.1) is 0 Å². The third-order valence-electron chi connectivity index (χ3n) is 3.82. The van der Waals surface area contributed by atoms with Gasteiger partial charge in [0.15, 0.2) is 11.5 Å². The smallest absolute Gasteiger partial charge is 0.165 e. The van der Waals surface area contributed by atoms with Crippen LogP contribution in [0.2, 0.25) is 0 Å². The summed E-state index contributed by atoms with van der Waals surface area (Å²) in [4.78, 5) is 0. The van der Waals surface area contributed by atoms with E-state index in [1.165, 1.54) is 0 Å². The lowest BCUT2D eigenvalue weighted by molar-refractivity contribution is -0.0122. The molecule has 0 unspecified atom stereocenters. The molecule has 1 aromatic carbocycles. The fraction of sp³-hybridized carbons (Fsp3) is 0.647. The van der Waals surface area contributed by atoms with Gasteiger partial charge in [-0.15, -0.1) is 0 Å². The van der Waals surface area contributed by atoms with E-state index in [-0.39, 0.29) is 6.61 Å². The van der Waals surface area contributed by atoms with Gasteiger partial charge in [-0.25, -0.2) is 0 Å². The van der Waals surface area contributed by atoms with Crippen LogP contribution < -0.4 is 14.8 Å². The molecule has 0 atom stereocenters. The van der Waals surface area contributed by atoms with Crippen molar-refractivity contribution in [2.75, 3.05) is 20.3 Å². The van der Waals surface area contributed by atoms with Gasteiger partial charge < -0.3 is 19.9 Å². The number of hydrogen-bond acceptors (Lipinski definition) is 4. The van der Waals surface area contributed by atoms with Crippen molar-refractivity contribution < 1.29 is 14.6 Å². The molecule has 0 amide bonds. The molecule has 0 fully saturated rings. The van der Waals surface area contributed by atoms with E-state index in [1.807, 2.05) is 32.0 Å². The second-order valence-electron chi connectivity index (χ2n) is 5.35. The predicted molar refractivity (Wildman–Crippen MR) is 86.0 cm³/mol. The van der Waals surface area contributed by atoms with E-state index < -0.39 is 5.60 Å². The SMILES string of the molecule is CCCNCc1cccc(OC)c1OCC(O)(CC)CC. The van der Waals surface area contributed by atoms with Gasteiger partial charge in [0, 0.05) is 12.1 Å². The van der Waals surface area contributed by atoms with Crippen molar-refractivity contribution in [3.05, 3.63) is 23.8 Å². The van der Waals surface area contributed by atoms with E-state index in [1.54, 1.807) is 7.11 Å². The van der Waals surface area contributed by atoms with E-state index in [9.17, 15) is 5.11 Å². The molecule has 0 heterocycles. The van der Waals surface area contributed by atoms with Crippen molar-refractivity contribution in [2.24, 2.45) is 0 Å². The monoisotopic (exact) mass is 295 g/mol. The van der Waals surface area contributed by atoms with Crippen LogP contribution in [-0.4, -0.2) is 31.0 Å². The van der Waals surface area contributed by atoms with Gasteiger partial charge in [-0.3, -0.25) is 0 Å². The normalized spacial score (nSPS) is 11.5. The van der Waals surface area contributed by atoms with Crippen molar-refractivity contribution in [1.29, 1.82) is 0 Å². The Bertz CT molecular complexity index is 416. The quantitative estimate of drug-likeness (QED) is 0.651. The first-order valence-corrected chi connectivity index (χ1v) is 7.82. The molecule has 0 saturated carbocycles. The molecule has 0 bridgehead atoms. The van der Waals surface area contributed by atoms with Crippen LogP contribution in [0.4, 0.5) is 0 Å². The van der Waals surface area contributed by atoms with Crippen LogP contribution in [-0.2, 0) is 6.54 Å². The second-order valence-corrected chi connectivity index (χ2v) is 5.35. The van der Waals surface area contributed by atoms with Gasteiger partial charge in [0.05, 0.1) is 12.7 Å². The summed E-state index contributed by atoms with van der Waals surface area (Å²) in [5.74, 6) is 1.43. The van der Waals surface area contributed by atoms with Crippen LogP contribution in [0.25, 0.3) is 0 Å². The summed E-state index contributed by atoms with van der Waals surface area (Å²) in [5.41, 5.74) is 0.270. The minimum absolute atomic E-state index is 0.279. The Morgan fingerprint density at radius 2 is 1.90 bits per heavy atom. The highest BCUT2D eigenvalue weighted by Crippen LogP contribution is 2.32. The molecule has 0 aromatic heterocycles. The van der Waals surface area contributed by atoms with Crippen LogP contribution >= 0.6 is 0 Å². The van der Waals surface area contributed by atoms with Gasteiger partial charge in [0.1, 0.15) is 6.61 Å². The Balaban J connectivity index is 2.86. The zero-order valence-electron chi connectivity index (χ0n) is 13.7. The third-order valence-corrected chi connectivity index (χ3v) is 3.82. The van der Waals surface area contributed by atoms with Crippen molar-refractivity contribution >= 4 is 0 Å². The molecule has 4 heteroatoms. The Morgan fingerprint density at radius 3 is 2.48 bits per heavy atom. The largest absolute Gasteiger partial charge is 0.493 e. The maximum Gasteiger partial charge on any atom is 0.165 e. The Kier molecular flexibility index (Phi) is 7.54. The number of hydrogen-bond donors (Lipinski definition) is 2. The Labute approximate surface area is 128 Å². The molecule has 120 valence electrons. The number of rotatable bonds is 10. The summed E-state index contributed by atoms with van der Waals surface area (Å²) >= 11 is 0. The van der Waals surface area contributed by atoms with Crippen molar-refractivity contribution in [3.8, 4) is 11.5 Å². The molecule has 1 rings (SSSR count). The van der Waals surface area contributed by atoms with Gasteiger partial charge in [-0.2, -0.15) is 0 Å². The summed E-state index contributed by atoms with van der Waals surface area (Å²) in [6, 6.07) is 5.87. The van der Waals surface area contributed by atoms with E-state index in [0.29, 0.717) is 18.6 Å². The van der Waals surface area contributed by atoms with Crippen LogP contribution in [0.1, 0.15) is 45.6 Å². The summed E-state index contributed by atoms with van der Waals surface area (Å²) < 4.78 is 11.3. The molecule has 4 nitrogen and oxygen atoms in total. The third kappa shape index (κ3) is 5.21. The molecule has 0 saturated heterocycles. The molecule has 0 spiro atoms. The van der Waals surface area contributed by atoms with Gasteiger partial charge in [-0.1, -0.05) is 32.9 Å². The van der Waals surface area contributed by atoms with E-state index in [0.717, 1.165) is 30.8 Å². The average Bonchev–Trinajstić information content (AvgIpc) is 2.53. The molecule has 0 aliphatic heterocycles. The molecular formula is C17H29NO3. The highest BCUT2D eigenvalue weighted by atomic mass is 16.5. The lowest BCUT2D eigenvalue weighted by Crippen LogP contribution is -2.34. The lowest BCUT2D eigenvalue weighted by atomic mass is 9.99. The molecule has 0 radical (unpaired) electrons. The van der Waals surface area contributed by atoms with Crippen LogP contribution in [0.3, 0.4) is 0 Å². The first-order chi connectivity index (χ1) is 10.1. The second kappa shape index (κ2) is 8.90. The molecule has 0 aliphatic rings. The maximum absolute atomic E-state index is 10.4. The predicted octanol–water partition coefficient (Wildman–Crippen LogP) is 3.12. The van der Waals surface area contributed by atoms with Gasteiger partial charge in [0.25, 0.3) is 0 Å². The van der Waals surface area contributed by atoms with E-state index in [2.05, 4.69) is 12.2 Å². The highest BCUT2D eigenvalue weighted by Gasteiger charge is 2.24. The standard InChI is InChI=1S/C17H29NO3/c1-5-11-18-12-14-9-8-10-15(20-4)16(14)21-13-17(19,6-2)7-3/h8-10,18-19H,5-7,11-13H2,1-4H3. The molecule has 1 aromatic rings. The molecule has 21 heavy (non-hydrogen) atoms. The summed E-state index contributed by atoms with van der Waals surface area (Å²) in [5, 5.41) is 13.7. The summed E-state index contributed by atoms with van der Waals surface area (Å²) in [7, 11) is 1.64. The van der Waals surface area contributed by atoms with Gasteiger partial charge in [-0.05, 0) is 31.9 Å². The van der Waals surface area contributed by atoms with Crippen molar-refractivity contribution in [3.63, 3.8) is 0 Å². The first-order valence-electron chi connectivity index (χ1n) is 7.82. The number of para-hydroxylation sites is 1. The fourth-order valence-electron chi connectivity index (χ4n) is 2.09. The number of benzene rings is 1. The topological polar surface area (TPSA) is 50.7 Å². The van der Waals surface area contributed by atoms with E-state index >= 15 is 0 Å². The number of methoxy groups -OCH3 is 1. The first kappa shape index (κ1) is 17.8. The van der Waals surface area contributed by atoms with Crippen molar-refractivity contribution in [1.82, 2.24) is 5.32 Å². The number of nitrogens with one attached hydrogen (secondary N) is 1. The van der Waals surface area contributed by atoms with Crippen LogP contribution in [0.5, 0.6) is 11.5 Å². The fourth-order valence-corrected chi connectivity index (χ4v) is 2.09.